The number of fused-ring (bicyclic) bond motifs is 1. The smallest absolute Gasteiger partial charge is 0.323 e. The Morgan fingerprint density at radius 2 is 2.11 bits per heavy atom. The van der Waals surface area contributed by atoms with Gasteiger partial charge < -0.3 is 20.6 Å². The third-order valence-electron chi connectivity index (χ3n) is 3.30. The molecule has 0 amide bonds. The number of halogens is 1. The number of aromatic nitrogens is 2. The predicted octanol–water partition coefficient (Wildman–Crippen LogP) is 1.78. The molecule has 1 aromatic heterocycles. The Kier molecular flexibility index (Phi) is 3.13. The molecule has 0 aliphatic carbocycles. The van der Waals surface area contributed by atoms with Crippen LogP contribution in [-0.2, 0) is 0 Å². The number of imidazole rings is 1. The maximum absolute atomic E-state index is 11.2. The van der Waals surface area contributed by atoms with Crippen molar-refractivity contribution >= 4 is 32.7 Å². The molecule has 6 heteroatoms. The zero-order chi connectivity index (χ0) is 12.5. The van der Waals surface area contributed by atoms with Crippen LogP contribution in [0.2, 0.25) is 0 Å². The molecule has 1 aliphatic rings. The lowest BCUT2D eigenvalue weighted by Gasteiger charge is -2.13. The van der Waals surface area contributed by atoms with Gasteiger partial charge in [0.15, 0.2) is 0 Å². The molecule has 1 fully saturated rings. The predicted molar refractivity (Wildman–Crippen MR) is 76.1 cm³/mol. The average molecular weight is 311 g/mol. The standard InChI is InChI=1S/C12H15BrN4O/c13-8-4-10-11(17-12(18)16-10)5-9(8)15-6-7-2-1-3-14-7/h4-5,7,14-15H,1-3,6H2,(H2,16,17,18). The Hall–Kier alpha value is -1.27. The van der Waals surface area contributed by atoms with Crippen LogP contribution >= 0.6 is 15.9 Å². The molecule has 3 rings (SSSR count). The van der Waals surface area contributed by atoms with Crippen LogP contribution in [0.15, 0.2) is 21.4 Å². The van der Waals surface area contributed by atoms with Gasteiger partial charge in [-0.15, -0.1) is 0 Å². The van der Waals surface area contributed by atoms with Gasteiger partial charge in [-0.1, -0.05) is 0 Å². The molecule has 96 valence electrons. The molecule has 0 bridgehead atoms. The molecule has 5 nitrogen and oxygen atoms in total. The van der Waals surface area contributed by atoms with Crippen LogP contribution in [-0.4, -0.2) is 29.1 Å². The summed E-state index contributed by atoms with van der Waals surface area (Å²) >= 11 is 3.52. The highest BCUT2D eigenvalue weighted by Gasteiger charge is 2.14. The molecular formula is C12H15BrN4O. The summed E-state index contributed by atoms with van der Waals surface area (Å²) in [5.74, 6) is 0. The van der Waals surface area contributed by atoms with E-state index < -0.39 is 0 Å². The van der Waals surface area contributed by atoms with E-state index in [0.717, 1.165) is 34.3 Å². The molecule has 2 aromatic rings. The fourth-order valence-electron chi connectivity index (χ4n) is 2.36. The number of nitrogens with one attached hydrogen (secondary N) is 4. The number of benzene rings is 1. The van der Waals surface area contributed by atoms with Crippen LogP contribution in [0.1, 0.15) is 12.8 Å². The topological polar surface area (TPSA) is 72.7 Å². The van der Waals surface area contributed by atoms with E-state index in [2.05, 4.69) is 36.5 Å². The van der Waals surface area contributed by atoms with E-state index in [0.29, 0.717) is 6.04 Å². The molecule has 4 N–H and O–H groups in total. The minimum atomic E-state index is -0.175. The van der Waals surface area contributed by atoms with Gasteiger partial charge in [-0.25, -0.2) is 4.79 Å². The van der Waals surface area contributed by atoms with Crippen LogP contribution < -0.4 is 16.3 Å². The van der Waals surface area contributed by atoms with E-state index in [4.69, 9.17) is 0 Å². The van der Waals surface area contributed by atoms with E-state index in [-0.39, 0.29) is 5.69 Å². The maximum atomic E-state index is 11.2. The van der Waals surface area contributed by atoms with Gasteiger partial charge in [0.25, 0.3) is 0 Å². The highest BCUT2D eigenvalue weighted by Crippen LogP contribution is 2.26. The van der Waals surface area contributed by atoms with E-state index >= 15 is 0 Å². The summed E-state index contributed by atoms with van der Waals surface area (Å²) in [6.07, 6.45) is 2.46. The van der Waals surface area contributed by atoms with Crippen LogP contribution in [0.4, 0.5) is 5.69 Å². The van der Waals surface area contributed by atoms with E-state index in [1.807, 2.05) is 12.1 Å². The SMILES string of the molecule is O=c1[nH]c2cc(Br)c(NCC3CCCN3)cc2[nH]1. The summed E-state index contributed by atoms with van der Waals surface area (Å²) in [5, 5.41) is 6.86. The molecule has 0 spiro atoms. The van der Waals surface area contributed by atoms with Crippen LogP contribution in [0.5, 0.6) is 0 Å². The molecular weight excluding hydrogens is 296 g/mol. The van der Waals surface area contributed by atoms with Crippen molar-refractivity contribution in [1.29, 1.82) is 0 Å². The van der Waals surface area contributed by atoms with Gasteiger partial charge in [0.1, 0.15) is 0 Å². The summed E-state index contributed by atoms with van der Waals surface area (Å²) in [6, 6.07) is 4.40. The highest BCUT2D eigenvalue weighted by atomic mass is 79.9. The maximum Gasteiger partial charge on any atom is 0.323 e. The van der Waals surface area contributed by atoms with Crippen molar-refractivity contribution in [3.05, 3.63) is 27.1 Å². The summed E-state index contributed by atoms with van der Waals surface area (Å²) in [6.45, 7) is 2.01. The highest BCUT2D eigenvalue weighted by molar-refractivity contribution is 9.10. The fraction of sp³-hybridized carbons (Fsp3) is 0.417. The second-order valence-electron chi connectivity index (χ2n) is 4.63. The number of H-pyrrole nitrogens is 2. The minimum absolute atomic E-state index is 0.175. The third kappa shape index (κ3) is 2.30. The second-order valence-corrected chi connectivity index (χ2v) is 5.49. The zero-order valence-corrected chi connectivity index (χ0v) is 11.4. The van der Waals surface area contributed by atoms with Crippen LogP contribution in [0.3, 0.4) is 0 Å². The summed E-state index contributed by atoms with van der Waals surface area (Å²) < 4.78 is 0.961. The molecule has 1 aromatic carbocycles. The van der Waals surface area contributed by atoms with E-state index in [9.17, 15) is 4.79 Å². The van der Waals surface area contributed by atoms with Gasteiger partial charge >= 0.3 is 5.69 Å². The molecule has 1 saturated heterocycles. The zero-order valence-electron chi connectivity index (χ0n) is 9.85. The van der Waals surface area contributed by atoms with Crippen molar-refractivity contribution in [3.63, 3.8) is 0 Å². The first kappa shape index (κ1) is 11.8. The Balaban J connectivity index is 1.81. The molecule has 1 aliphatic heterocycles. The first-order valence-corrected chi connectivity index (χ1v) is 6.90. The van der Waals surface area contributed by atoms with E-state index in [1.54, 1.807) is 0 Å². The lowest BCUT2D eigenvalue weighted by Crippen LogP contribution is -2.29. The molecule has 2 heterocycles. The molecule has 18 heavy (non-hydrogen) atoms. The lowest BCUT2D eigenvalue weighted by atomic mass is 10.2. The van der Waals surface area contributed by atoms with Crippen molar-refractivity contribution in [2.75, 3.05) is 18.4 Å². The average Bonchev–Trinajstić information content (AvgIpc) is 2.94. The van der Waals surface area contributed by atoms with Crippen LogP contribution in [0, 0.1) is 0 Å². The number of rotatable bonds is 3. The van der Waals surface area contributed by atoms with Crippen molar-refractivity contribution in [1.82, 2.24) is 15.3 Å². The lowest BCUT2D eigenvalue weighted by molar-refractivity contribution is 0.633. The number of hydrogen-bond donors (Lipinski definition) is 4. The van der Waals surface area contributed by atoms with E-state index in [1.165, 1.54) is 12.8 Å². The third-order valence-corrected chi connectivity index (χ3v) is 3.96. The summed E-state index contributed by atoms with van der Waals surface area (Å²) in [7, 11) is 0. The van der Waals surface area contributed by atoms with Gasteiger partial charge in [0, 0.05) is 17.1 Å². The molecule has 1 unspecified atom stereocenters. The molecule has 1 atom stereocenters. The Morgan fingerprint density at radius 1 is 1.33 bits per heavy atom. The van der Waals surface area contributed by atoms with Crippen molar-refractivity contribution in [2.45, 2.75) is 18.9 Å². The monoisotopic (exact) mass is 310 g/mol. The van der Waals surface area contributed by atoms with Gasteiger partial charge in [-0.3, -0.25) is 0 Å². The summed E-state index contributed by atoms with van der Waals surface area (Å²) in [4.78, 5) is 16.7. The second kappa shape index (κ2) is 4.78. The van der Waals surface area contributed by atoms with Crippen molar-refractivity contribution in [3.8, 4) is 0 Å². The Labute approximate surface area is 112 Å². The number of anilines is 1. The number of aromatic amines is 2. The first-order valence-electron chi connectivity index (χ1n) is 6.11. The summed E-state index contributed by atoms with van der Waals surface area (Å²) in [5.41, 5.74) is 2.47. The van der Waals surface area contributed by atoms with Crippen molar-refractivity contribution in [2.24, 2.45) is 0 Å². The quantitative estimate of drug-likeness (QED) is 0.698. The fourth-order valence-corrected chi connectivity index (χ4v) is 2.84. The van der Waals surface area contributed by atoms with Gasteiger partial charge in [0.05, 0.1) is 16.7 Å². The Bertz CT molecular complexity index is 612. The molecule has 0 saturated carbocycles. The largest absolute Gasteiger partial charge is 0.383 e. The Morgan fingerprint density at radius 3 is 2.83 bits per heavy atom. The normalized spacial score (nSPS) is 19.5. The first-order chi connectivity index (χ1) is 8.72. The van der Waals surface area contributed by atoms with Gasteiger partial charge in [-0.05, 0) is 47.4 Å². The van der Waals surface area contributed by atoms with Gasteiger partial charge in [-0.2, -0.15) is 0 Å². The minimum Gasteiger partial charge on any atom is -0.383 e. The number of hydrogen-bond acceptors (Lipinski definition) is 3. The van der Waals surface area contributed by atoms with Crippen LogP contribution in [0.25, 0.3) is 11.0 Å². The molecule has 0 radical (unpaired) electrons. The van der Waals surface area contributed by atoms with Crippen molar-refractivity contribution < 1.29 is 0 Å². The van der Waals surface area contributed by atoms with Gasteiger partial charge in [0.2, 0.25) is 0 Å².